The van der Waals surface area contributed by atoms with Gasteiger partial charge in [0.1, 0.15) is 0 Å². The van der Waals surface area contributed by atoms with E-state index in [0.29, 0.717) is 6.42 Å². The SMILES string of the molecule is CCCC/C=C(/Br)CC#N. The average Bonchev–Trinajstić information content (AvgIpc) is 1.89. The Morgan fingerprint density at radius 1 is 1.70 bits per heavy atom. The van der Waals surface area contributed by atoms with E-state index in [1.54, 1.807) is 0 Å². The van der Waals surface area contributed by atoms with E-state index in [-0.39, 0.29) is 0 Å². The van der Waals surface area contributed by atoms with Crippen LogP contribution in [0.25, 0.3) is 0 Å². The lowest BCUT2D eigenvalue weighted by atomic mass is 10.2. The van der Waals surface area contributed by atoms with Gasteiger partial charge in [-0.15, -0.1) is 0 Å². The third-order valence-corrected chi connectivity index (χ3v) is 1.78. The largest absolute Gasteiger partial charge is 0.198 e. The number of nitriles is 1. The molecule has 2 heteroatoms. The normalized spacial score (nSPS) is 11.1. The van der Waals surface area contributed by atoms with Crippen molar-refractivity contribution in [1.82, 2.24) is 0 Å². The van der Waals surface area contributed by atoms with Gasteiger partial charge in [0, 0.05) is 4.48 Å². The minimum Gasteiger partial charge on any atom is -0.198 e. The van der Waals surface area contributed by atoms with Crippen LogP contribution in [0.5, 0.6) is 0 Å². The van der Waals surface area contributed by atoms with Crippen LogP contribution in [0, 0.1) is 11.3 Å². The Morgan fingerprint density at radius 2 is 2.40 bits per heavy atom. The first-order valence-electron chi connectivity index (χ1n) is 3.52. The molecule has 0 aliphatic rings. The second-order valence-corrected chi connectivity index (χ2v) is 3.15. The molecule has 0 aromatic rings. The van der Waals surface area contributed by atoms with Crippen LogP contribution in [0.3, 0.4) is 0 Å². The molecule has 0 aromatic heterocycles. The van der Waals surface area contributed by atoms with Crippen molar-refractivity contribution in [3.8, 4) is 6.07 Å². The van der Waals surface area contributed by atoms with Crippen LogP contribution in [-0.2, 0) is 0 Å². The van der Waals surface area contributed by atoms with E-state index in [1.165, 1.54) is 12.8 Å². The maximum atomic E-state index is 8.27. The van der Waals surface area contributed by atoms with Gasteiger partial charge in [0.2, 0.25) is 0 Å². The second kappa shape index (κ2) is 6.82. The number of allylic oxidation sites excluding steroid dienone is 2. The molecule has 0 N–H and O–H groups in total. The molecular weight excluding hydrogens is 190 g/mol. The highest BCUT2D eigenvalue weighted by molar-refractivity contribution is 9.11. The topological polar surface area (TPSA) is 23.8 Å². The Kier molecular flexibility index (Phi) is 6.63. The van der Waals surface area contributed by atoms with Crippen LogP contribution in [0.2, 0.25) is 0 Å². The fourth-order valence-electron chi connectivity index (χ4n) is 0.610. The van der Waals surface area contributed by atoms with Crippen LogP contribution in [0.1, 0.15) is 32.6 Å². The van der Waals surface area contributed by atoms with E-state index >= 15 is 0 Å². The lowest BCUT2D eigenvalue weighted by molar-refractivity contribution is 0.813. The molecule has 0 atom stereocenters. The zero-order valence-corrected chi connectivity index (χ0v) is 7.82. The molecule has 0 saturated carbocycles. The van der Waals surface area contributed by atoms with Gasteiger partial charge in [-0.2, -0.15) is 5.26 Å². The van der Waals surface area contributed by atoms with E-state index < -0.39 is 0 Å². The summed E-state index contributed by atoms with van der Waals surface area (Å²) in [4.78, 5) is 0. The number of nitrogens with zero attached hydrogens (tertiary/aromatic N) is 1. The second-order valence-electron chi connectivity index (χ2n) is 2.13. The quantitative estimate of drug-likeness (QED) is 0.641. The number of hydrogen-bond acceptors (Lipinski definition) is 1. The van der Waals surface area contributed by atoms with E-state index in [2.05, 4.69) is 35.0 Å². The zero-order chi connectivity index (χ0) is 7.82. The summed E-state index contributed by atoms with van der Waals surface area (Å²) in [5, 5.41) is 8.27. The highest BCUT2D eigenvalue weighted by atomic mass is 79.9. The van der Waals surface area contributed by atoms with E-state index in [0.717, 1.165) is 10.9 Å². The number of hydrogen-bond donors (Lipinski definition) is 0. The van der Waals surface area contributed by atoms with Gasteiger partial charge < -0.3 is 0 Å². The lowest BCUT2D eigenvalue weighted by Crippen LogP contribution is -1.71. The van der Waals surface area contributed by atoms with Gasteiger partial charge in [-0.3, -0.25) is 0 Å². The average molecular weight is 202 g/mol. The van der Waals surface area contributed by atoms with Crippen molar-refractivity contribution in [3.05, 3.63) is 10.6 Å². The highest BCUT2D eigenvalue weighted by Gasteiger charge is 1.87. The molecule has 0 spiro atoms. The summed E-state index contributed by atoms with van der Waals surface area (Å²) in [6, 6.07) is 2.08. The minimum absolute atomic E-state index is 0.504. The number of unbranched alkanes of at least 4 members (excludes halogenated alkanes) is 2. The van der Waals surface area contributed by atoms with E-state index in [4.69, 9.17) is 5.26 Å². The summed E-state index contributed by atoms with van der Waals surface area (Å²) < 4.78 is 1.02. The van der Waals surface area contributed by atoms with Gasteiger partial charge in [-0.25, -0.2) is 0 Å². The van der Waals surface area contributed by atoms with Crippen LogP contribution in [-0.4, -0.2) is 0 Å². The number of rotatable bonds is 4. The van der Waals surface area contributed by atoms with Crippen molar-refractivity contribution in [2.45, 2.75) is 32.6 Å². The third-order valence-electron chi connectivity index (χ3n) is 1.17. The van der Waals surface area contributed by atoms with E-state index in [1.807, 2.05) is 0 Å². The molecule has 0 fully saturated rings. The predicted octanol–water partition coefficient (Wildman–Crippen LogP) is 3.37. The summed E-state index contributed by atoms with van der Waals surface area (Å²) in [5.74, 6) is 0. The van der Waals surface area contributed by atoms with Crippen molar-refractivity contribution in [1.29, 1.82) is 5.26 Å². The highest BCUT2D eigenvalue weighted by Crippen LogP contribution is 2.11. The summed E-state index contributed by atoms with van der Waals surface area (Å²) in [6.07, 6.45) is 6.08. The summed E-state index contributed by atoms with van der Waals surface area (Å²) in [7, 11) is 0. The van der Waals surface area contributed by atoms with Gasteiger partial charge in [0.05, 0.1) is 12.5 Å². The molecule has 0 aliphatic heterocycles. The Labute approximate surface area is 70.9 Å². The maximum absolute atomic E-state index is 8.27. The first kappa shape index (κ1) is 9.71. The van der Waals surface area contributed by atoms with Gasteiger partial charge in [0.15, 0.2) is 0 Å². The van der Waals surface area contributed by atoms with Gasteiger partial charge in [-0.1, -0.05) is 41.8 Å². The predicted molar refractivity (Wildman–Crippen MR) is 46.8 cm³/mol. The van der Waals surface area contributed by atoms with Crippen molar-refractivity contribution < 1.29 is 0 Å². The summed E-state index contributed by atoms with van der Waals surface area (Å²) in [6.45, 7) is 2.16. The van der Waals surface area contributed by atoms with E-state index in [9.17, 15) is 0 Å². The Balaban J connectivity index is 3.40. The lowest BCUT2D eigenvalue weighted by Gasteiger charge is -1.90. The molecular formula is C8H12BrN. The third kappa shape index (κ3) is 5.84. The van der Waals surface area contributed by atoms with Gasteiger partial charge >= 0.3 is 0 Å². The Hall–Kier alpha value is -0.290. The summed E-state index contributed by atoms with van der Waals surface area (Å²) in [5.41, 5.74) is 0. The molecule has 1 nitrogen and oxygen atoms in total. The van der Waals surface area contributed by atoms with Crippen molar-refractivity contribution in [2.24, 2.45) is 0 Å². The Morgan fingerprint density at radius 3 is 2.90 bits per heavy atom. The number of halogens is 1. The first-order chi connectivity index (χ1) is 4.81. The molecule has 0 aliphatic carbocycles. The fourth-order valence-corrected chi connectivity index (χ4v) is 0.965. The molecule has 0 rings (SSSR count). The molecule has 0 heterocycles. The molecule has 0 radical (unpaired) electrons. The summed E-state index contributed by atoms with van der Waals surface area (Å²) >= 11 is 3.31. The standard InChI is InChI=1S/C8H12BrN/c1-2-3-4-5-8(9)6-7-10/h5H,2-4,6H2,1H3/b8-5+. The molecule has 0 aromatic carbocycles. The first-order valence-corrected chi connectivity index (χ1v) is 4.32. The monoisotopic (exact) mass is 201 g/mol. The molecule has 0 unspecified atom stereocenters. The molecule has 10 heavy (non-hydrogen) atoms. The molecule has 0 saturated heterocycles. The van der Waals surface area contributed by atoms with Crippen molar-refractivity contribution >= 4 is 15.9 Å². The fraction of sp³-hybridized carbons (Fsp3) is 0.625. The zero-order valence-electron chi connectivity index (χ0n) is 6.23. The smallest absolute Gasteiger partial charge is 0.0675 e. The van der Waals surface area contributed by atoms with Crippen molar-refractivity contribution in [2.75, 3.05) is 0 Å². The minimum atomic E-state index is 0.504. The Bertz CT molecular complexity index is 144. The molecule has 0 amide bonds. The van der Waals surface area contributed by atoms with Crippen LogP contribution < -0.4 is 0 Å². The van der Waals surface area contributed by atoms with Crippen LogP contribution >= 0.6 is 15.9 Å². The van der Waals surface area contributed by atoms with Crippen LogP contribution in [0.4, 0.5) is 0 Å². The van der Waals surface area contributed by atoms with Gasteiger partial charge in [-0.05, 0) is 6.42 Å². The maximum Gasteiger partial charge on any atom is 0.0675 e. The van der Waals surface area contributed by atoms with Crippen LogP contribution in [0.15, 0.2) is 10.6 Å². The van der Waals surface area contributed by atoms with Crippen molar-refractivity contribution in [3.63, 3.8) is 0 Å². The molecule has 56 valence electrons. The molecule has 0 bridgehead atoms. The van der Waals surface area contributed by atoms with Gasteiger partial charge in [0.25, 0.3) is 0 Å².